The second-order valence-electron chi connectivity index (χ2n) is 3.94. The number of hydrogen-bond donors (Lipinski definition) is 2. The first-order chi connectivity index (χ1) is 8.40. The number of halogens is 1. The van der Waals surface area contributed by atoms with Gasteiger partial charge in [-0.3, -0.25) is 9.82 Å². The molecule has 0 amide bonds. The fourth-order valence-corrected chi connectivity index (χ4v) is 3.37. The van der Waals surface area contributed by atoms with Crippen LogP contribution in [0.3, 0.4) is 0 Å². The van der Waals surface area contributed by atoms with E-state index >= 15 is 0 Å². The first kappa shape index (κ1) is 13.1. The summed E-state index contributed by atoms with van der Waals surface area (Å²) in [5.74, 6) is 0.384. The highest BCUT2D eigenvalue weighted by atomic mass is 79.9. The number of rotatable bonds is 3. The van der Waals surface area contributed by atoms with Crippen molar-refractivity contribution in [3.8, 4) is 0 Å². The van der Waals surface area contributed by atoms with Crippen LogP contribution in [0.1, 0.15) is 11.1 Å². The third-order valence-electron chi connectivity index (χ3n) is 2.51. The van der Waals surface area contributed by atoms with Gasteiger partial charge in [-0.05, 0) is 31.5 Å². The van der Waals surface area contributed by atoms with Gasteiger partial charge in [0.2, 0.25) is 0 Å². The van der Waals surface area contributed by atoms with Crippen LogP contribution in [0, 0.1) is 13.8 Å². The van der Waals surface area contributed by atoms with Crippen LogP contribution in [0.2, 0.25) is 0 Å². The van der Waals surface area contributed by atoms with E-state index in [0.717, 1.165) is 10.0 Å². The molecule has 0 atom stereocenters. The standard InChI is InChI=1S/C11H12BrN3O2S/c1-7-3-4-9(12)5-10(7)18(16,17)15-11-8(2)6-13-14-11/h3-6H,1-2H3,(H2,13,14,15). The lowest BCUT2D eigenvalue weighted by molar-refractivity contribution is 0.600. The fraction of sp³-hybridized carbons (Fsp3) is 0.182. The number of aromatic nitrogens is 2. The highest BCUT2D eigenvalue weighted by Gasteiger charge is 2.18. The van der Waals surface area contributed by atoms with Crippen LogP contribution in [0.25, 0.3) is 0 Å². The van der Waals surface area contributed by atoms with Crippen LogP contribution < -0.4 is 4.72 Å². The maximum atomic E-state index is 12.2. The van der Waals surface area contributed by atoms with Crippen LogP contribution >= 0.6 is 15.9 Å². The predicted molar refractivity (Wildman–Crippen MR) is 73.0 cm³/mol. The van der Waals surface area contributed by atoms with Crippen molar-refractivity contribution in [3.05, 3.63) is 40.0 Å². The molecule has 18 heavy (non-hydrogen) atoms. The van der Waals surface area contributed by atoms with Gasteiger partial charge in [0, 0.05) is 10.0 Å². The van der Waals surface area contributed by atoms with Gasteiger partial charge >= 0.3 is 0 Å². The maximum absolute atomic E-state index is 12.2. The van der Waals surface area contributed by atoms with Crippen LogP contribution in [-0.4, -0.2) is 18.6 Å². The summed E-state index contributed by atoms with van der Waals surface area (Å²) in [5.41, 5.74) is 1.43. The van der Waals surface area contributed by atoms with Crippen LogP contribution in [0.5, 0.6) is 0 Å². The van der Waals surface area contributed by atoms with Crippen molar-refractivity contribution in [1.82, 2.24) is 10.2 Å². The van der Waals surface area contributed by atoms with Crippen molar-refractivity contribution >= 4 is 31.8 Å². The average Bonchev–Trinajstić information content (AvgIpc) is 2.67. The lowest BCUT2D eigenvalue weighted by atomic mass is 10.2. The van der Waals surface area contributed by atoms with E-state index in [4.69, 9.17) is 0 Å². The summed E-state index contributed by atoms with van der Waals surface area (Å²) >= 11 is 3.27. The van der Waals surface area contributed by atoms with Gasteiger partial charge < -0.3 is 0 Å². The zero-order valence-electron chi connectivity index (χ0n) is 9.86. The number of nitrogens with one attached hydrogen (secondary N) is 2. The first-order valence-corrected chi connectivity index (χ1v) is 7.47. The summed E-state index contributed by atoms with van der Waals surface area (Å²) in [6.07, 6.45) is 1.56. The van der Waals surface area contributed by atoms with Crippen molar-refractivity contribution < 1.29 is 8.42 Å². The van der Waals surface area contributed by atoms with E-state index < -0.39 is 10.0 Å². The molecule has 0 aliphatic carbocycles. The second kappa shape index (κ2) is 4.74. The summed E-state index contributed by atoms with van der Waals surface area (Å²) in [4.78, 5) is 0.242. The van der Waals surface area contributed by atoms with Gasteiger partial charge in [-0.2, -0.15) is 5.10 Å². The molecule has 0 saturated heterocycles. The molecule has 0 bridgehead atoms. The molecule has 0 unspecified atom stereocenters. The molecule has 2 N–H and O–H groups in total. The number of hydrogen-bond acceptors (Lipinski definition) is 3. The highest BCUT2D eigenvalue weighted by molar-refractivity contribution is 9.10. The van der Waals surface area contributed by atoms with Gasteiger partial charge in [0.15, 0.2) is 0 Å². The number of benzene rings is 1. The summed E-state index contributed by atoms with van der Waals surface area (Å²) < 4.78 is 27.7. The molecule has 2 aromatic rings. The SMILES string of the molecule is Cc1ccc(Br)cc1S(=O)(=O)Nc1[nH]ncc1C. The molecular weight excluding hydrogens is 318 g/mol. The van der Waals surface area contributed by atoms with Gasteiger partial charge in [-0.1, -0.05) is 22.0 Å². The smallest absolute Gasteiger partial charge is 0.263 e. The van der Waals surface area contributed by atoms with E-state index in [-0.39, 0.29) is 4.90 Å². The Morgan fingerprint density at radius 3 is 2.61 bits per heavy atom. The van der Waals surface area contributed by atoms with E-state index in [0.29, 0.717) is 11.4 Å². The third-order valence-corrected chi connectivity index (χ3v) is 4.49. The number of sulfonamides is 1. The predicted octanol–water partition coefficient (Wildman–Crippen LogP) is 2.59. The maximum Gasteiger partial charge on any atom is 0.263 e. The van der Waals surface area contributed by atoms with Crippen molar-refractivity contribution in [2.45, 2.75) is 18.7 Å². The molecule has 0 aliphatic heterocycles. The monoisotopic (exact) mass is 329 g/mol. The molecular formula is C11H12BrN3O2S. The van der Waals surface area contributed by atoms with Gasteiger partial charge in [0.1, 0.15) is 5.82 Å². The Labute approximate surface area is 114 Å². The van der Waals surface area contributed by atoms with Crippen LogP contribution in [0.15, 0.2) is 33.8 Å². The molecule has 5 nitrogen and oxygen atoms in total. The Morgan fingerprint density at radius 2 is 2.00 bits per heavy atom. The molecule has 1 aromatic heterocycles. The number of H-pyrrole nitrogens is 1. The number of nitrogens with zero attached hydrogens (tertiary/aromatic N) is 1. The van der Waals surface area contributed by atoms with Gasteiger partial charge in [-0.15, -0.1) is 0 Å². The second-order valence-corrected chi connectivity index (χ2v) is 6.51. The Balaban J connectivity index is 2.43. The van der Waals surface area contributed by atoms with E-state index in [1.165, 1.54) is 0 Å². The van der Waals surface area contributed by atoms with Crippen molar-refractivity contribution in [2.24, 2.45) is 0 Å². The van der Waals surface area contributed by atoms with Crippen molar-refractivity contribution in [2.75, 3.05) is 4.72 Å². The van der Waals surface area contributed by atoms with Crippen molar-refractivity contribution in [1.29, 1.82) is 0 Å². The number of aromatic amines is 1. The Bertz CT molecular complexity index is 679. The van der Waals surface area contributed by atoms with Crippen LogP contribution in [0.4, 0.5) is 5.82 Å². The lowest BCUT2D eigenvalue weighted by Crippen LogP contribution is -2.15. The van der Waals surface area contributed by atoms with E-state index in [2.05, 4.69) is 30.8 Å². The summed E-state index contributed by atoms with van der Waals surface area (Å²) in [7, 11) is -3.61. The van der Waals surface area contributed by atoms with Crippen molar-refractivity contribution in [3.63, 3.8) is 0 Å². The van der Waals surface area contributed by atoms with E-state index in [9.17, 15) is 8.42 Å². The summed E-state index contributed by atoms with van der Waals surface area (Å²) in [5, 5.41) is 6.39. The third kappa shape index (κ3) is 2.56. The molecule has 0 fully saturated rings. The molecule has 0 spiro atoms. The number of anilines is 1. The van der Waals surface area contributed by atoms with Gasteiger partial charge in [-0.25, -0.2) is 8.42 Å². The molecule has 1 aromatic carbocycles. The highest BCUT2D eigenvalue weighted by Crippen LogP contribution is 2.23. The summed E-state index contributed by atoms with van der Waals surface area (Å²) in [6.45, 7) is 3.52. The molecule has 96 valence electrons. The number of aryl methyl sites for hydroxylation is 2. The molecule has 0 radical (unpaired) electrons. The quantitative estimate of drug-likeness (QED) is 0.908. The minimum absolute atomic E-state index is 0.242. The normalized spacial score (nSPS) is 11.5. The zero-order valence-corrected chi connectivity index (χ0v) is 12.3. The minimum Gasteiger partial charge on any atom is -0.264 e. The first-order valence-electron chi connectivity index (χ1n) is 5.19. The Morgan fingerprint density at radius 1 is 1.28 bits per heavy atom. The minimum atomic E-state index is -3.61. The van der Waals surface area contributed by atoms with Gasteiger partial charge in [0.05, 0.1) is 11.1 Å². The van der Waals surface area contributed by atoms with E-state index in [1.54, 1.807) is 38.2 Å². The fourth-order valence-electron chi connectivity index (χ4n) is 1.50. The largest absolute Gasteiger partial charge is 0.264 e. The molecule has 0 saturated carbocycles. The van der Waals surface area contributed by atoms with Crippen LogP contribution in [-0.2, 0) is 10.0 Å². The summed E-state index contributed by atoms with van der Waals surface area (Å²) in [6, 6.07) is 5.12. The average molecular weight is 330 g/mol. The topological polar surface area (TPSA) is 74.8 Å². The zero-order chi connectivity index (χ0) is 13.3. The lowest BCUT2D eigenvalue weighted by Gasteiger charge is -2.09. The van der Waals surface area contributed by atoms with E-state index in [1.807, 2.05) is 0 Å². The molecule has 0 aliphatic rings. The Hall–Kier alpha value is -1.34. The molecule has 7 heteroatoms. The molecule has 2 rings (SSSR count). The Kier molecular flexibility index (Phi) is 3.45. The molecule has 1 heterocycles. The van der Waals surface area contributed by atoms with Gasteiger partial charge in [0.25, 0.3) is 10.0 Å².